The van der Waals surface area contributed by atoms with Crippen LogP contribution in [0.5, 0.6) is 0 Å². The Morgan fingerprint density at radius 1 is 1.08 bits per heavy atom. The molecule has 0 heterocycles. The molecular weight excluding hydrogens is 361 g/mol. The van der Waals surface area contributed by atoms with Crippen molar-refractivity contribution in [3.63, 3.8) is 0 Å². The maximum Gasteiger partial charge on any atom is 0.123 e. The van der Waals surface area contributed by atoms with Gasteiger partial charge in [-0.25, -0.2) is 9.38 Å². The Morgan fingerprint density at radius 2 is 1.77 bits per heavy atom. The predicted octanol–water partition coefficient (Wildman–Crippen LogP) is 7.72. The summed E-state index contributed by atoms with van der Waals surface area (Å²) in [4.78, 5) is 5.83. The van der Waals surface area contributed by atoms with Gasteiger partial charge in [0, 0.05) is 10.1 Å². The average Bonchev–Trinajstić information content (AvgIpc) is 2.63. The van der Waals surface area contributed by atoms with E-state index in [1.165, 1.54) is 18.6 Å². The molecule has 0 aliphatic carbocycles. The van der Waals surface area contributed by atoms with Gasteiger partial charge in [-0.3, -0.25) is 0 Å². The standard InChI is InChI=1S/C22H26FNS2/c1-4-20(16-17(2)3)26-22(24-19-8-6-5-7-9-19)14-15-25-21-12-10-18(23)11-13-21/h5-15,17,20H,4,16H2,1-3H3. The molecule has 1 unspecified atom stereocenters. The van der Waals surface area contributed by atoms with Crippen LogP contribution in [0.3, 0.4) is 0 Å². The van der Waals surface area contributed by atoms with Crippen molar-refractivity contribution in [2.24, 2.45) is 10.9 Å². The van der Waals surface area contributed by atoms with E-state index in [2.05, 4.69) is 26.8 Å². The van der Waals surface area contributed by atoms with Gasteiger partial charge in [0.25, 0.3) is 0 Å². The van der Waals surface area contributed by atoms with Gasteiger partial charge in [0.1, 0.15) is 5.82 Å². The second-order valence-corrected chi connectivity index (χ2v) is 8.74. The molecule has 0 radical (unpaired) electrons. The van der Waals surface area contributed by atoms with Crippen LogP contribution in [0.2, 0.25) is 0 Å². The Bertz CT molecular complexity index is 709. The van der Waals surface area contributed by atoms with Crippen molar-refractivity contribution >= 4 is 34.3 Å². The largest absolute Gasteiger partial charge is 0.242 e. The first kappa shape index (κ1) is 20.8. The van der Waals surface area contributed by atoms with Crippen LogP contribution in [0.15, 0.2) is 76.0 Å². The van der Waals surface area contributed by atoms with E-state index < -0.39 is 0 Å². The van der Waals surface area contributed by atoms with Crippen molar-refractivity contribution in [3.05, 3.63) is 71.9 Å². The quantitative estimate of drug-likeness (QED) is 0.261. The summed E-state index contributed by atoms with van der Waals surface area (Å²) in [5.41, 5.74) is 0.964. The minimum absolute atomic E-state index is 0.209. The fourth-order valence-electron chi connectivity index (χ4n) is 2.41. The monoisotopic (exact) mass is 387 g/mol. The fraction of sp³-hybridized carbons (Fsp3) is 0.318. The van der Waals surface area contributed by atoms with Gasteiger partial charge in [-0.05, 0) is 66.6 Å². The molecule has 138 valence electrons. The van der Waals surface area contributed by atoms with Gasteiger partial charge in [-0.15, -0.1) is 11.8 Å². The Hall–Kier alpha value is -1.52. The molecule has 0 spiro atoms. The molecule has 2 aromatic rings. The Labute approximate surface area is 165 Å². The molecule has 1 nitrogen and oxygen atoms in total. The van der Waals surface area contributed by atoms with Gasteiger partial charge in [-0.2, -0.15) is 0 Å². The maximum atomic E-state index is 13.0. The molecule has 0 saturated heterocycles. The van der Waals surface area contributed by atoms with Crippen LogP contribution in [0.1, 0.15) is 33.6 Å². The molecule has 1 atom stereocenters. The zero-order valence-electron chi connectivity index (χ0n) is 15.6. The first-order valence-corrected chi connectivity index (χ1v) is 10.7. The van der Waals surface area contributed by atoms with E-state index in [1.54, 1.807) is 23.9 Å². The molecule has 4 heteroatoms. The fourth-order valence-corrected chi connectivity index (χ4v) is 4.44. The number of nitrogens with zero attached hydrogens (tertiary/aromatic N) is 1. The van der Waals surface area contributed by atoms with Crippen molar-refractivity contribution in [2.45, 2.75) is 43.8 Å². The zero-order chi connectivity index (χ0) is 18.8. The summed E-state index contributed by atoms with van der Waals surface area (Å²) in [5.74, 6) is 0.461. The van der Waals surface area contributed by atoms with Crippen LogP contribution in [-0.2, 0) is 0 Å². The second kappa shape index (κ2) is 11.2. The van der Waals surface area contributed by atoms with Gasteiger partial charge in [0.15, 0.2) is 0 Å². The van der Waals surface area contributed by atoms with Crippen molar-refractivity contribution in [1.29, 1.82) is 0 Å². The molecule has 0 amide bonds. The van der Waals surface area contributed by atoms with Crippen LogP contribution >= 0.6 is 23.5 Å². The maximum absolute atomic E-state index is 13.0. The van der Waals surface area contributed by atoms with Crippen molar-refractivity contribution < 1.29 is 4.39 Å². The van der Waals surface area contributed by atoms with Crippen LogP contribution < -0.4 is 0 Å². The third-order valence-electron chi connectivity index (χ3n) is 3.70. The normalized spacial score (nSPS) is 13.5. The minimum atomic E-state index is -0.209. The highest BCUT2D eigenvalue weighted by Gasteiger charge is 2.12. The highest BCUT2D eigenvalue weighted by atomic mass is 32.2. The highest BCUT2D eigenvalue weighted by molar-refractivity contribution is 8.15. The topological polar surface area (TPSA) is 12.4 Å². The van der Waals surface area contributed by atoms with E-state index in [-0.39, 0.29) is 5.82 Å². The molecule has 0 aliphatic heterocycles. The molecule has 0 bridgehead atoms. The third-order valence-corrected chi connectivity index (χ3v) is 5.85. The Kier molecular flexibility index (Phi) is 8.99. The molecule has 2 aromatic carbocycles. The number of hydrogen-bond acceptors (Lipinski definition) is 3. The number of aliphatic imine (C=N–C) groups is 1. The summed E-state index contributed by atoms with van der Waals surface area (Å²) >= 11 is 3.42. The minimum Gasteiger partial charge on any atom is -0.242 e. The molecule has 0 aliphatic rings. The summed E-state index contributed by atoms with van der Waals surface area (Å²) in [6.45, 7) is 6.76. The van der Waals surface area contributed by atoms with Gasteiger partial charge in [0.05, 0.1) is 10.7 Å². The molecule has 0 N–H and O–H groups in total. The molecule has 26 heavy (non-hydrogen) atoms. The van der Waals surface area contributed by atoms with E-state index in [0.29, 0.717) is 11.2 Å². The number of benzene rings is 2. The lowest BCUT2D eigenvalue weighted by Crippen LogP contribution is -2.08. The summed E-state index contributed by atoms with van der Waals surface area (Å²) < 4.78 is 13.0. The molecule has 2 rings (SSSR count). The number of hydrogen-bond donors (Lipinski definition) is 0. The first-order valence-electron chi connectivity index (χ1n) is 8.96. The number of thioether (sulfide) groups is 2. The van der Waals surface area contributed by atoms with Crippen molar-refractivity contribution in [2.75, 3.05) is 0 Å². The molecule has 0 saturated carbocycles. The van der Waals surface area contributed by atoms with E-state index in [1.807, 2.05) is 47.5 Å². The second-order valence-electron chi connectivity index (χ2n) is 6.44. The van der Waals surface area contributed by atoms with E-state index >= 15 is 0 Å². The number of para-hydroxylation sites is 1. The predicted molar refractivity (Wildman–Crippen MR) is 116 cm³/mol. The molecule has 0 fully saturated rings. The Balaban J connectivity index is 2.12. The van der Waals surface area contributed by atoms with Crippen LogP contribution in [-0.4, -0.2) is 10.3 Å². The number of rotatable bonds is 8. The van der Waals surface area contributed by atoms with Gasteiger partial charge < -0.3 is 0 Å². The smallest absolute Gasteiger partial charge is 0.123 e. The lowest BCUT2D eigenvalue weighted by Gasteiger charge is -2.16. The van der Waals surface area contributed by atoms with Gasteiger partial charge in [-0.1, -0.05) is 50.7 Å². The highest BCUT2D eigenvalue weighted by Crippen LogP contribution is 2.27. The summed E-state index contributed by atoms with van der Waals surface area (Å²) in [7, 11) is 0. The molecular formula is C22H26FNS2. The van der Waals surface area contributed by atoms with Gasteiger partial charge in [0.2, 0.25) is 0 Å². The summed E-state index contributed by atoms with van der Waals surface area (Å²) in [6, 6.07) is 16.6. The SMILES string of the molecule is CCC(CC(C)C)SC(C=CSc1ccc(F)cc1)=Nc1ccccc1. The lowest BCUT2D eigenvalue weighted by molar-refractivity contribution is 0.562. The Morgan fingerprint density at radius 3 is 2.38 bits per heavy atom. The van der Waals surface area contributed by atoms with E-state index in [9.17, 15) is 4.39 Å². The summed E-state index contributed by atoms with van der Waals surface area (Å²) in [5, 5.41) is 3.60. The van der Waals surface area contributed by atoms with Crippen molar-refractivity contribution in [1.82, 2.24) is 0 Å². The zero-order valence-corrected chi connectivity index (χ0v) is 17.2. The first-order chi connectivity index (χ1) is 12.6. The van der Waals surface area contributed by atoms with Crippen LogP contribution in [0.25, 0.3) is 0 Å². The third kappa shape index (κ3) is 7.79. The lowest BCUT2D eigenvalue weighted by atomic mass is 10.1. The van der Waals surface area contributed by atoms with Crippen molar-refractivity contribution in [3.8, 4) is 0 Å². The van der Waals surface area contributed by atoms with Gasteiger partial charge >= 0.3 is 0 Å². The van der Waals surface area contributed by atoms with E-state index in [0.717, 1.165) is 22.0 Å². The summed E-state index contributed by atoms with van der Waals surface area (Å²) in [6.07, 6.45) is 4.36. The average molecular weight is 388 g/mol. The van der Waals surface area contributed by atoms with E-state index in [4.69, 9.17) is 4.99 Å². The number of halogens is 1. The molecule has 0 aromatic heterocycles. The van der Waals surface area contributed by atoms with Crippen LogP contribution in [0.4, 0.5) is 10.1 Å². The van der Waals surface area contributed by atoms with Crippen LogP contribution in [0, 0.1) is 11.7 Å².